The number of urea groups is 1. The monoisotopic (exact) mass is 363 g/mol. The lowest BCUT2D eigenvalue weighted by atomic mass is 10.2. The van der Waals surface area contributed by atoms with Gasteiger partial charge in [-0.3, -0.25) is 4.90 Å². The predicted molar refractivity (Wildman–Crippen MR) is 98.7 cm³/mol. The van der Waals surface area contributed by atoms with Gasteiger partial charge in [-0.1, -0.05) is 53.5 Å². The van der Waals surface area contributed by atoms with Crippen LogP contribution in [0.3, 0.4) is 0 Å². The summed E-state index contributed by atoms with van der Waals surface area (Å²) in [5.74, 6) is 0. The van der Waals surface area contributed by atoms with Crippen molar-refractivity contribution in [2.75, 3.05) is 18.4 Å². The van der Waals surface area contributed by atoms with Crippen molar-refractivity contribution in [3.63, 3.8) is 0 Å². The minimum absolute atomic E-state index is 0.150. The summed E-state index contributed by atoms with van der Waals surface area (Å²) < 4.78 is 0. The molecule has 2 aromatic carbocycles. The third-order valence-electron chi connectivity index (χ3n) is 4.03. The summed E-state index contributed by atoms with van der Waals surface area (Å²) in [7, 11) is 0. The van der Waals surface area contributed by atoms with Crippen molar-refractivity contribution >= 4 is 34.9 Å². The van der Waals surface area contributed by atoms with Crippen molar-refractivity contribution in [3.8, 4) is 0 Å². The van der Waals surface area contributed by atoms with Gasteiger partial charge in [0.2, 0.25) is 0 Å². The number of nitrogens with zero attached hydrogens (tertiary/aromatic N) is 1. The first kappa shape index (κ1) is 17.1. The van der Waals surface area contributed by atoms with Crippen LogP contribution in [0.25, 0.3) is 0 Å². The number of carbonyl (C=O) groups is 1. The highest BCUT2D eigenvalue weighted by Crippen LogP contribution is 2.25. The Morgan fingerprint density at radius 3 is 2.67 bits per heavy atom. The summed E-state index contributed by atoms with van der Waals surface area (Å²) in [6.45, 7) is 2.74. The van der Waals surface area contributed by atoms with Gasteiger partial charge in [0.15, 0.2) is 0 Å². The van der Waals surface area contributed by atoms with Crippen molar-refractivity contribution in [1.29, 1.82) is 0 Å². The normalized spacial score (nSPS) is 17.7. The van der Waals surface area contributed by atoms with E-state index in [0.717, 1.165) is 26.1 Å². The van der Waals surface area contributed by atoms with Crippen LogP contribution in [0.15, 0.2) is 48.5 Å². The van der Waals surface area contributed by atoms with Gasteiger partial charge >= 0.3 is 6.03 Å². The summed E-state index contributed by atoms with van der Waals surface area (Å²) in [6, 6.07) is 15.3. The fourth-order valence-corrected chi connectivity index (χ4v) is 3.16. The summed E-state index contributed by atoms with van der Waals surface area (Å²) in [4.78, 5) is 14.5. The molecule has 0 aliphatic carbocycles. The van der Waals surface area contributed by atoms with Gasteiger partial charge in [0.25, 0.3) is 0 Å². The number of hydrogen-bond acceptors (Lipinski definition) is 2. The van der Waals surface area contributed by atoms with Crippen LogP contribution in [0.5, 0.6) is 0 Å². The second-order valence-electron chi connectivity index (χ2n) is 5.93. The first-order chi connectivity index (χ1) is 11.6. The van der Waals surface area contributed by atoms with Crippen LogP contribution in [-0.4, -0.2) is 30.1 Å². The number of likely N-dealkylation sites (tertiary alicyclic amines) is 1. The molecule has 1 heterocycles. The smallest absolute Gasteiger partial charge is 0.319 e. The zero-order valence-electron chi connectivity index (χ0n) is 13.1. The second-order valence-corrected chi connectivity index (χ2v) is 6.75. The fraction of sp³-hybridized carbons (Fsp3) is 0.278. The third-order valence-corrected chi connectivity index (χ3v) is 4.77. The second kappa shape index (κ2) is 7.88. The molecule has 0 radical (unpaired) electrons. The maximum Gasteiger partial charge on any atom is 0.319 e. The van der Waals surface area contributed by atoms with Gasteiger partial charge in [-0.2, -0.15) is 0 Å². The summed E-state index contributed by atoms with van der Waals surface area (Å²) in [5, 5.41) is 6.69. The van der Waals surface area contributed by atoms with Crippen molar-refractivity contribution in [1.82, 2.24) is 10.2 Å². The molecule has 0 bridgehead atoms. The van der Waals surface area contributed by atoms with Gasteiger partial charge in [0.05, 0.1) is 10.0 Å². The minimum atomic E-state index is -0.222. The Kier molecular flexibility index (Phi) is 5.61. The van der Waals surface area contributed by atoms with E-state index in [-0.39, 0.29) is 12.1 Å². The Morgan fingerprint density at radius 1 is 1.12 bits per heavy atom. The van der Waals surface area contributed by atoms with Crippen LogP contribution >= 0.6 is 23.2 Å². The molecule has 0 spiro atoms. The van der Waals surface area contributed by atoms with E-state index >= 15 is 0 Å². The van der Waals surface area contributed by atoms with Gasteiger partial charge in [0.1, 0.15) is 0 Å². The van der Waals surface area contributed by atoms with E-state index < -0.39 is 0 Å². The number of benzene rings is 2. The molecule has 2 amide bonds. The van der Waals surface area contributed by atoms with Gasteiger partial charge in [-0.05, 0) is 30.2 Å². The largest absolute Gasteiger partial charge is 0.334 e. The minimum Gasteiger partial charge on any atom is -0.334 e. The molecule has 1 fully saturated rings. The molecular formula is C18H19Cl2N3O. The quantitative estimate of drug-likeness (QED) is 0.845. The zero-order chi connectivity index (χ0) is 16.9. The molecule has 1 saturated heterocycles. The molecule has 6 heteroatoms. The first-order valence-corrected chi connectivity index (χ1v) is 8.64. The van der Waals surface area contributed by atoms with E-state index in [0.29, 0.717) is 15.7 Å². The van der Waals surface area contributed by atoms with E-state index in [1.54, 1.807) is 18.2 Å². The van der Waals surface area contributed by atoms with Gasteiger partial charge in [0, 0.05) is 31.4 Å². The Bertz CT molecular complexity index is 709. The van der Waals surface area contributed by atoms with E-state index in [9.17, 15) is 4.79 Å². The molecular weight excluding hydrogens is 345 g/mol. The lowest BCUT2D eigenvalue weighted by molar-refractivity contribution is 0.247. The molecule has 1 unspecified atom stereocenters. The first-order valence-electron chi connectivity index (χ1n) is 7.89. The van der Waals surface area contributed by atoms with Crippen LogP contribution in [0.4, 0.5) is 10.5 Å². The molecule has 0 aromatic heterocycles. The number of rotatable bonds is 4. The maximum absolute atomic E-state index is 12.1. The SMILES string of the molecule is O=C(Nc1ccc(Cl)c(Cl)c1)NC1CCN(Cc2ccccc2)C1. The van der Waals surface area contributed by atoms with Crippen molar-refractivity contribution in [3.05, 3.63) is 64.1 Å². The molecule has 0 saturated carbocycles. The Morgan fingerprint density at radius 2 is 1.92 bits per heavy atom. The Labute approximate surface area is 151 Å². The molecule has 1 aliphatic rings. The molecule has 1 atom stereocenters. The molecule has 24 heavy (non-hydrogen) atoms. The fourth-order valence-electron chi connectivity index (χ4n) is 2.86. The van der Waals surface area contributed by atoms with Gasteiger partial charge in [-0.25, -0.2) is 4.79 Å². The highest BCUT2D eigenvalue weighted by atomic mass is 35.5. The number of amides is 2. The standard InChI is InChI=1S/C18H19Cl2N3O/c19-16-7-6-14(10-17(16)20)21-18(24)22-15-8-9-23(12-15)11-13-4-2-1-3-5-13/h1-7,10,15H,8-9,11-12H2,(H2,21,22,24). The van der Waals surface area contributed by atoms with Crippen LogP contribution in [0, 0.1) is 0 Å². The van der Waals surface area contributed by atoms with Crippen molar-refractivity contribution in [2.24, 2.45) is 0 Å². The molecule has 4 nitrogen and oxygen atoms in total. The summed E-state index contributed by atoms with van der Waals surface area (Å²) >= 11 is 11.8. The average Bonchev–Trinajstić information content (AvgIpc) is 2.99. The van der Waals surface area contributed by atoms with Crippen LogP contribution < -0.4 is 10.6 Å². The lowest BCUT2D eigenvalue weighted by Gasteiger charge is -2.17. The summed E-state index contributed by atoms with van der Waals surface area (Å²) in [6.07, 6.45) is 0.946. The van der Waals surface area contributed by atoms with Crippen molar-refractivity contribution in [2.45, 2.75) is 19.0 Å². The van der Waals surface area contributed by atoms with E-state index in [2.05, 4.69) is 27.7 Å². The zero-order valence-corrected chi connectivity index (χ0v) is 14.6. The Balaban J connectivity index is 1.48. The highest BCUT2D eigenvalue weighted by Gasteiger charge is 2.23. The van der Waals surface area contributed by atoms with Crippen molar-refractivity contribution < 1.29 is 4.79 Å². The number of anilines is 1. The highest BCUT2D eigenvalue weighted by molar-refractivity contribution is 6.42. The predicted octanol–water partition coefficient (Wildman–Crippen LogP) is 4.39. The maximum atomic E-state index is 12.1. The molecule has 1 aliphatic heterocycles. The molecule has 3 rings (SSSR count). The van der Waals surface area contributed by atoms with Gasteiger partial charge in [-0.15, -0.1) is 0 Å². The average molecular weight is 364 g/mol. The van der Waals surface area contributed by atoms with E-state index in [1.807, 2.05) is 18.2 Å². The lowest BCUT2D eigenvalue weighted by Crippen LogP contribution is -2.39. The summed E-state index contributed by atoms with van der Waals surface area (Å²) in [5.41, 5.74) is 1.92. The number of hydrogen-bond donors (Lipinski definition) is 2. The number of halogens is 2. The number of nitrogens with one attached hydrogen (secondary N) is 2. The molecule has 2 aromatic rings. The topological polar surface area (TPSA) is 44.4 Å². The van der Waals surface area contributed by atoms with Crippen LogP contribution in [0.1, 0.15) is 12.0 Å². The third kappa shape index (κ3) is 4.63. The molecule has 2 N–H and O–H groups in total. The van der Waals surface area contributed by atoms with E-state index in [4.69, 9.17) is 23.2 Å². The Hall–Kier alpha value is -1.75. The van der Waals surface area contributed by atoms with Crippen LogP contribution in [0.2, 0.25) is 10.0 Å². The number of carbonyl (C=O) groups excluding carboxylic acids is 1. The van der Waals surface area contributed by atoms with Crippen LogP contribution in [-0.2, 0) is 6.54 Å². The van der Waals surface area contributed by atoms with Gasteiger partial charge < -0.3 is 10.6 Å². The molecule has 126 valence electrons. The van der Waals surface area contributed by atoms with E-state index in [1.165, 1.54) is 5.56 Å².